The first-order valence-electron chi connectivity index (χ1n) is 7.62. The first kappa shape index (κ1) is 16.6. The van der Waals surface area contributed by atoms with Gasteiger partial charge in [-0.3, -0.25) is 4.79 Å². The summed E-state index contributed by atoms with van der Waals surface area (Å²) >= 11 is 1.61. The topological polar surface area (TPSA) is 41.5 Å². The largest absolute Gasteiger partial charge is 0.272 e. The molecule has 0 radical (unpaired) electrons. The van der Waals surface area contributed by atoms with Crippen LogP contribution in [0.15, 0.2) is 47.6 Å². The Hall–Kier alpha value is -1.81. The third kappa shape index (κ3) is 4.88. The molecule has 2 aromatic rings. The second-order valence-electron chi connectivity index (χ2n) is 5.09. The highest BCUT2D eigenvalue weighted by Gasteiger charge is 2.02. The monoisotopic (exact) mass is 314 g/mol. The number of hydrogen-bond acceptors (Lipinski definition) is 3. The minimum absolute atomic E-state index is 0.0369. The number of nitrogens with one attached hydrogen (secondary N) is 1. The highest BCUT2D eigenvalue weighted by Crippen LogP contribution is 2.19. The van der Waals surface area contributed by atoms with Gasteiger partial charge in [0.05, 0.1) is 5.75 Å². The molecule has 0 heterocycles. The Bertz CT molecular complexity index is 661. The first-order valence-corrected chi connectivity index (χ1v) is 8.78. The molecular weight excluding hydrogens is 292 g/mol. The van der Waals surface area contributed by atoms with Gasteiger partial charge in [0.1, 0.15) is 0 Å². The van der Waals surface area contributed by atoms with Gasteiger partial charge >= 0.3 is 0 Å². The zero-order valence-electron chi connectivity index (χ0n) is 13.1. The zero-order valence-corrected chi connectivity index (χ0v) is 14.0. The molecule has 0 unspecified atom stereocenters. The molecule has 4 heteroatoms. The molecule has 0 aliphatic carbocycles. The molecule has 0 bridgehead atoms. The molecular formula is C18H22N2OS. The van der Waals surface area contributed by atoms with E-state index in [0.29, 0.717) is 5.75 Å². The van der Waals surface area contributed by atoms with Gasteiger partial charge in [-0.1, -0.05) is 56.3 Å². The quantitative estimate of drug-likeness (QED) is 0.609. The van der Waals surface area contributed by atoms with Crippen LogP contribution in [0.3, 0.4) is 0 Å². The van der Waals surface area contributed by atoms with E-state index in [0.717, 1.165) is 24.3 Å². The van der Waals surface area contributed by atoms with Crippen LogP contribution in [0, 0.1) is 0 Å². The number of nitrogens with zero attached hydrogens (tertiary/aromatic N) is 1. The lowest BCUT2D eigenvalue weighted by Gasteiger charge is -2.05. The summed E-state index contributed by atoms with van der Waals surface area (Å²) in [7, 11) is 0. The summed E-state index contributed by atoms with van der Waals surface area (Å²) in [6.45, 7) is 4.09. The van der Waals surface area contributed by atoms with Crippen molar-refractivity contribution in [2.24, 2.45) is 5.10 Å². The molecule has 0 spiro atoms. The van der Waals surface area contributed by atoms with Crippen molar-refractivity contribution < 1.29 is 4.79 Å². The molecule has 1 N–H and O–H groups in total. The van der Waals surface area contributed by atoms with Gasteiger partial charge in [0.15, 0.2) is 0 Å². The summed E-state index contributed by atoms with van der Waals surface area (Å²) in [5, 5.41) is 6.62. The number of hydrogen-bond donors (Lipinski definition) is 1. The Morgan fingerprint density at radius 3 is 2.55 bits per heavy atom. The fraction of sp³-hybridized carbons (Fsp3) is 0.333. The van der Waals surface area contributed by atoms with Crippen LogP contribution < -0.4 is 5.43 Å². The number of rotatable bonds is 7. The number of fused-ring (bicyclic) bond motifs is 1. The normalized spacial score (nSPS) is 10.5. The van der Waals surface area contributed by atoms with Gasteiger partial charge in [0, 0.05) is 11.5 Å². The van der Waals surface area contributed by atoms with Crippen LogP contribution in [0.25, 0.3) is 10.8 Å². The Morgan fingerprint density at radius 2 is 1.82 bits per heavy atom. The maximum atomic E-state index is 11.7. The van der Waals surface area contributed by atoms with Crippen LogP contribution >= 0.6 is 11.8 Å². The minimum Gasteiger partial charge on any atom is -0.272 e. The Balaban J connectivity index is 1.82. The number of carbonyl (C=O) groups is 1. The molecule has 0 saturated heterocycles. The molecule has 0 aliphatic heterocycles. The molecule has 0 aromatic heterocycles. The maximum absolute atomic E-state index is 11.7. The smallest absolute Gasteiger partial charge is 0.250 e. The predicted molar refractivity (Wildman–Crippen MR) is 96.3 cm³/mol. The summed E-state index contributed by atoms with van der Waals surface area (Å²) in [4.78, 5) is 11.7. The maximum Gasteiger partial charge on any atom is 0.250 e. The van der Waals surface area contributed by atoms with E-state index in [4.69, 9.17) is 0 Å². The summed E-state index contributed by atoms with van der Waals surface area (Å²) in [6.07, 6.45) is 1.75. The van der Waals surface area contributed by atoms with Crippen molar-refractivity contribution in [3.05, 3.63) is 48.0 Å². The molecule has 2 rings (SSSR count). The summed E-state index contributed by atoms with van der Waals surface area (Å²) in [5.41, 5.74) is 4.89. The Labute approximate surface area is 136 Å². The van der Waals surface area contributed by atoms with Crippen LogP contribution in [0.5, 0.6) is 0 Å². The third-order valence-electron chi connectivity index (χ3n) is 3.47. The fourth-order valence-electron chi connectivity index (χ4n) is 2.17. The first-order chi connectivity index (χ1) is 10.7. The van der Waals surface area contributed by atoms with Crippen LogP contribution in [-0.4, -0.2) is 17.4 Å². The van der Waals surface area contributed by atoms with Gasteiger partial charge in [-0.15, -0.1) is 11.8 Å². The highest BCUT2D eigenvalue weighted by atomic mass is 32.2. The summed E-state index contributed by atoms with van der Waals surface area (Å²) in [5.74, 6) is 1.22. The molecule has 1 amide bonds. The lowest BCUT2D eigenvalue weighted by Crippen LogP contribution is -2.21. The molecule has 0 atom stereocenters. The Morgan fingerprint density at radius 1 is 1.09 bits per heavy atom. The average molecular weight is 314 g/mol. The van der Waals surface area contributed by atoms with Crippen molar-refractivity contribution in [2.45, 2.75) is 32.4 Å². The van der Waals surface area contributed by atoms with E-state index >= 15 is 0 Å². The number of thioether (sulfide) groups is 1. The molecule has 0 aliphatic rings. The summed E-state index contributed by atoms with van der Waals surface area (Å²) < 4.78 is 0. The SMILES string of the molecule is CCC(CC)=NNC(=O)CSCc1ccc2ccccc2c1. The molecule has 2 aromatic carbocycles. The standard InChI is InChI=1S/C18H22N2OS/c1-3-17(4-2)19-20-18(21)13-22-12-14-9-10-15-7-5-6-8-16(15)11-14/h5-11H,3-4,12-13H2,1-2H3,(H,20,21). The van der Waals surface area contributed by atoms with Gasteiger partial charge < -0.3 is 0 Å². The van der Waals surface area contributed by atoms with Crippen LogP contribution in [0.2, 0.25) is 0 Å². The number of benzene rings is 2. The van der Waals surface area contributed by atoms with Crippen LogP contribution in [0.4, 0.5) is 0 Å². The molecule has 22 heavy (non-hydrogen) atoms. The van der Waals surface area contributed by atoms with Gasteiger partial charge in [-0.05, 0) is 29.2 Å². The van der Waals surface area contributed by atoms with Crippen molar-refractivity contribution in [1.82, 2.24) is 5.43 Å². The van der Waals surface area contributed by atoms with Crippen LogP contribution in [-0.2, 0) is 10.5 Å². The molecule has 0 fully saturated rings. The lowest BCUT2D eigenvalue weighted by atomic mass is 10.1. The number of hydrazone groups is 1. The van der Waals surface area contributed by atoms with Crippen LogP contribution in [0.1, 0.15) is 32.3 Å². The second kappa shape index (κ2) is 8.59. The van der Waals surface area contributed by atoms with Gasteiger partial charge in [0.2, 0.25) is 5.91 Å². The third-order valence-corrected chi connectivity index (χ3v) is 4.47. The number of carbonyl (C=O) groups excluding carboxylic acids is 1. The molecule has 116 valence electrons. The van der Waals surface area contributed by atoms with Crippen molar-refractivity contribution in [2.75, 3.05) is 5.75 Å². The van der Waals surface area contributed by atoms with E-state index in [-0.39, 0.29) is 5.91 Å². The average Bonchev–Trinajstić information content (AvgIpc) is 2.55. The molecule has 0 saturated carbocycles. The Kier molecular flexibility index (Phi) is 6.46. The van der Waals surface area contributed by atoms with Crippen molar-refractivity contribution in [3.8, 4) is 0 Å². The summed E-state index contributed by atoms with van der Waals surface area (Å²) in [6, 6.07) is 14.7. The van der Waals surface area contributed by atoms with E-state index in [1.165, 1.54) is 16.3 Å². The lowest BCUT2D eigenvalue weighted by molar-refractivity contribution is -0.118. The van der Waals surface area contributed by atoms with E-state index in [1.807, 2.05) is 26.0 Å². The molecule has 3 nitrogen and oxygen atoms in total. The van der Waals surface area contributed by atoms with E-state index < -0.39 is 0 Å². The van der Waals surface area contributed by atoms with Gasteiger partial charge in [-0.2, -0.15) is 5.10 Å². The van der Waals surface area contributed by atoms with E-state index in [1.54, 1.807) is 11.8 Å². The fourth-order valence-corrected chi connectivity index (χ4v) is 2.94. The van der Waals surface area contributed by atoms with Crippen molar-refractivity contribution in [1.29, 1.82) is 0 Å². The minimum atomic E-state index is -0.0369. The van der Waals surface area contributed by atoms with Crippen molar-refractivity contribution >= 4 is 34.2 Å². The highest BCUT2D eigenvalue weighted by molar-refractivity contribution is 7.99. The zero-order chi connectivity index (χ0) is 15.8. The van der Waals surface area contributed by atoms with E-state index in [2.05, 4.69) is 40.9 Å². The van der Waals surface area contributed by atoms with Gasteiger partial charge in [0.25, 0.3) is 0 Å². The van der Waals surface area contributed by atoms with E-state index in [9.17, 15) is 4.79 Å². The second-order valence-corrected chi connectivity index (χ2v) is 6.08. The predicted octanol–water partition coefficient (Wildman–Crippen LogP) is 4.37. The van der Waals surface area contributed by atoms with Gasteiger partial charge in [-0.25, -0.2) is 5.43 Å². The number of amides is 1. The van der Waals surface area contributed by atoms with Crippen molar-refractivity contribution in [3.63, 3.8) is 0 Å².